The summed E-state index contributed by atoms with van der Waals surface area (Å²) in [6.07, 6.45) is 19.1. The molecule has 0 spiro atoms. The van der Waals surface area contributed by atoms with Crippen molar-refractivity contribution >= 4 is 24.3 Å². The zero-order valence-electron chi connectivity index (χ0n) is 28.8. The van der Waals surface area contributed by atoms with Gasteiger partial charge in [0.15, 0.2) is 0 Å². The number of hydrogen-bond acceptors (Lipinski definition) is 6. The van der Waals surface area contributed by atoms with E-state index in [1.165, 1.54) is 11.1 Å². The first kappa shape index (κ1) is 37.7. The third kappa shape index (κ3) is 12.3. The van der Waals surface area contributed by atoms with Crippen LogP contribution in [0.1, 0.15) is 22.3 Å². The average Bonchev–Trinajstić information content (AvgIpc) is 3.25. The van der Waals surface area contributed by atoms with Gasteiger partial charge in [-0.3, -0.25) is 29.9 Å². The van der Waals surface area contributed by atoms with E-state index in [9.17, 15) is 0 Å². The molecule has 7 heteroatoms. The molecule has 53 heavy (non-hydrogen) atoms. The molecule has 258 valence electrons. The van der Waals surface area contributed by atoms with Gasteiger partial charge < -0.3 is 0 Å². The van der Waals surface area contributed by atoms with E-state index >= 15 is 0 Å². The molecule has 0 unspecified atom stereocenters. The molecule has 0 aliphatic rings. The van der Waals surface area contributed by atoms with Crippen LogP contribution in [0.2, 0.25) is 0 Å². The van der Waals surface area contributed by atoms with Gasteiger partial charge in [-0.1, -0.05) is 109 Å². The summed E-state index contributed by atoms with van der Waals surface area (Å²) in [5.41, 5.74) is 9.93. The van der Waals surface area contributed by atoms with Crippen LogP contribution >= 0.6 is 0 Å². The number of rotatable bonds is 7. The topological polar surface area (TPSA) is 77.3 Å². The Balaban J connectivity index is 0.000000178. The Kier molecular flexibility index (Phi) is 14.9. The van der Waals surface area contributed by atoms with Gasteiger partial charge in [0.05, 0.1) is 34.2 Å². The summed E-state index contributed by atoms with van der Waals surface area (Å²) in [5, 5.41) is 0. The molecule has 8 aromatic rings. The van der Waals surface area contributed by atoms with Gasteiger partial charge in [0.2, 0.25) is 0 Å². The monoisotopic (exact) mass is 774 g/mol. The molecule has 0 radical (unpaired) electrons. The minimum absolute atomic E-state index is 0. The summed E-state index contributed by atoms with van der Waals surface area (Å²) in [7, 11) is 0. The predicted molar refractivity (Wildman–Crippen MR) is 213 cm³/mol. The van der Waals surface area contributed by atoms with Crippen molar-refractivity contribution in [2.24, 2.45) is 0 Å². The molecule has 0 saturated heterocycles. The average molecular weight is 774 g/mol. The fourth-order valence-corrected chi connectivity index (χ4v) is 4.95. The molecule has 0 saturated carbocycles. The third-order valence-corrected chi connectivity index (χ3v) is 7.55. The van der Waals surface area contributed by atoms with E-state index in [4.69, 9.17) is 0 Å². The standard InChI is InChI=1S/C26H20N2.2C10H8N2.Ru/c1-3-7-21(8-4-1)11-13-23-15-17-27-25(19-23)26-20-24(16-18-28-26)14-12-22-9-5-2-6-10-22;2*1-3-7-11-9(5-1)10-6-2-4-8-12-10;/h1-20H;2*1-8H;/b13-11+,14-12+;;;. The molecule has 0 aliphatic carbocycles. The zero-order chi connectivity index (χ0) is 35.5. The molecule has 8 rings (SSSR count). The fourth-order valence-electron chi connectivity index (χ4n) is 4.95. The van der Waals surface area contributed by atoms with Crippen LogP contribution in [0, 0.1) is 0 Å². The van der Waals surface area contributed by atoms with Crippen molar-refractivity contribution < 1.29 is 19.5 Å². The molecule has 0 fully saturated rings. The molecular formula is C46H36N6Ru. The molecule has 0 N–H and O–H groups in total. The first-order chi connectivity index (χ1) is 25.8. The van der Waals surface area contributed by atoms with Crippen LogP contribution in [0.5, 0.6) is 0 Å². The van der Waals surface area contributed by atoms with Crippen LogP contribution < -0.4 is 0 Å². The molecule has 6 heterocycles. The first-order valence-corrected chi connectivity index (χ1v) is 16.8. The summed E-state index contributed by atoms with van der Waals surface area (Å²) >= 11 is 0. The smallest absolute Gasteiger partial charge is 0.0892 e. The van der Waals surface area contributed by atoms with Gasteiger partial charge in [0, 0.05) is 56.7 Å². The van der Waals surface area contributed by atoms with Crippen LogP contribution in [0.4, 0.5) is 0 Å². The third-order valence-electron chi connectivity index (χ3n) is 7.55. The van der Waals surface area contributed by atoms with Gasteiger partial charge in [-0.2, -0.15) is 0 Å². The van der Waals surface area contributed by atoms with E-state index < -0.39 is 0 Å². The zero-order valence-corrected chi connectivity index (χ0v) is 30.6. The Hall–Kier alpha value is -6.56. The number of hydrogen-bond donors (Lipinski definition) is 0. The normalized spacial score (nSPS) is 10.3. The maximum absolute atomic E-state index is 4.50. The Bertz CT molecular complexity index is 2030. The summed E-state index contributed by atoms with van der Waals surface area (Å²) < 4.78 is 0. The predicted octanol–water partition coefficient (Wildman–Crippen LogP) is 10.8. The maximum Gasteiger partial charge on any atom is 0.0892 e. The van der Waals surface area contributed by atoms with Crippen molar-refractivity contribution in [3.05, 3.63) is 217 Å². The summed E-state index contributed by atoms with van der Waals surface area (Å²) in [6.45, 7) is 0. The van der Waals surface area contributed by atoms with Gasteiger partial charge in [0.1, 0.15) is 0 Å². The van der Waals surface area contributed by atoms with E-state index in [0.717, 1.165) is 45.3 Å². The van der Waals surface area contributed by atoms with Gasteiger partial charge in [-0.25, -0.2) is 0 Å². The van der Waals surface area contributed by atoms with Crippen LogP contribution in [-0.2, 0) is 19.5 Å². The van der Waals surface area contributed by atoms with Crippen molar-refractivity contribution in [3.63, 3.8) is 0 Å². The molecule has 6 aromatic heterocycles. The second-order valence-corrected chi connectivity index (χ2v) is 11.3. The van der Waals surface area contributed by atoms with E-state index in [1.54, 1.807) is 24.8 Å². The van der Waals surface area contributed by atoms with Gasteiger partial charge >= 0.3 is 0 Å². The summed E-state index contributed by atoms with van der Waals surface area (Å²) in [6, 6.07) is 51.9. The molecular weight excluding hydrogens is 738 g/mol. The Morgan fingerprint density at radius 2 is 0.528 bits per heavy atom. The molecule has 0 atom stereocenters. The van der Waals surface area contributed by atoms with Crippen LogP contribution in [0.15, 0.2) is 195 Å². The van der Waals surface area contributed by atoms with Crippen molar-refractivity contribution in [1.29, 1.82) is 0 Å². The van der Waals surface area contributed by atoms with Gasteiger partial charge in [0.25, 0.3) is 0 Å². The summed E-state index contributed by atoms with van der Waals surface area (Å²) in [4.78, 5) is 25.8. The van der Waals surface area contributed by atoms with E-state index in [2.05, 4.69) is 90.6 Å². The SMILES string of the molecule is C(=C\c1ccnc(-c2cc(/C=C/c3ccccc3)ccn2)c1)/c1ccccc1.[Ru].c1ccc(-c2ccccn2)nc1.c1ccc(-c2ccccn2)nc1. The molecule has 0 aliphatic heterocycles. The second kappa shape index (κ2) is 21.0. The largest absolute Gasteiger partial charge is 0.255 e. The van der Waals surface area contributed by atoms with Crippen molar-refractivity contribution in [1.82, 2.24) is 29.9 Å². The van der Waals surface area contributed by atoms with Crippen molar-refractivity contribution in [2.45, 2.75) is 0 Å². The summed E-state index contributed by atoms with van der Waals surface area (Å²) in [5.74, 6) is 0. The van der Waals surface area contributed by atoms with Gasteiger partial charge in [-0.15, -0.1) is 0 Å². The first-order valence-electron chi connectivity index (χ1n) is 16.8. The van der Waals surface area contributed by atoms with E-state index in [1.807, 2.05) is 134 Å². The number of pyridine rings is 6. The van der Waals surface area contributed by atoms with Gasteiger partial charge in [-0.05, 0) is 95.1 Å². The van der Waals surface area contributed by atoms with Crippen LogP contribution in [0.3, 0.4) is 0 Å². The molecule has 2 aromatic carbocycles. The quantitative estimate of drug-likeness (QED) is 0.150. The van der Waals surface area contributed by atoms with E-state index in [0.29, 0.717) is 0 Å². The fraction of sp³-hybridized carbons (Fsp3) is 0. The molecule has 0 amide bonds. The minimum Gasteiger partial charge on any atom is -0.255 e. The maximum atomic E-state index is 4.50. The van der Waals surface area contributed by atoms with Crippen molar-refractivity contribution in [3.8, 4) is 34.2 Å². The Morgan fingerprint density at radius 3 is 0.830 bits per heavy atom. The Labute approximate surface area is 323 Å². The van der Waals surface area contributed by atoms with Crippen LogP contribution in [0.25, 0.3) is 58.5 Å². The number of nitrogens with zero attached hydrogens (tertiary/aromatic N) is 6. The molecule has 0 bridgehead atoms. The number of aromatic nitrogens is 6. The van der Waals surface area contributed by atoms with E-state index in [-0.39, 0.29) is 19.5 Å². The number of benzene rings is 2. The van der Waals surface area contributed by atoms with Crippen molar-refractivity contribution in [2.75, 3.05) is 0 Å². The second-order valence-electron chi connectivity index (χ2n) is 11.3. The minimum atomic E-state index is 0. The van der Waals surface area contributed by atoms with Crippen LogP contribution in [-0.4, -0.2) is 29.9 Å². The molecule has 6 nitrogen and oxygen atoms in total. The Morgan fingerprint density at radius 1 is 0.245 bits per heavy atom.